The van der Waals surface area contributed by atoms with Gasteiger partial charge in [0.15, 0.2) is 5.43 Å². The topological polar surface area (TPSA) is 96.9 Å². The van der Waals surface area contributed by atoms with Gasteiger partial charge in [0.2, 0.25) is 5.76 Å². The quantitative estimate of drug-likeness (QED) is 0.354. The van der Waals surface area contributed by atoms with Crippen LogP contribution in [0.15, 0.2) is 56.1 Å². The van der Waals surface area contributed by atoms with E-state index in [0.29, 0.717) is 29.6 Å². The molecule has 0 aliphatic carbocycles. The lowest BCUT2D eigenvalue weighted by Crippen LogP contribution is -2.37. The summed E-state index contributed by atoms with van der Waals surface area (Å²) in [5.74, 6) is -0.315. The number of fused-ring (bicyclic) bond motifs is 2. The predicted octanol–water partition coefficient (Wildman–Crippen LogP) is 4.35. The summed E-state index contributed by atoms with van der Waals surface area (Å²) < 4.78 is 6.65. The van der Waals surface area contributed by atoms with Crippen molar-refractivity contribution in [1.29, 1.82) is 0 Å². The van der Waals surface area contributed by atoms with E-state index >= 15 is 0 Å². The van der Waals surface area contributed by atoms with Crippen LogP contribution in [0.25, 0.3) is 11.0 Å². The Labute approximate surface area is 192 Å². The van der Waals surface area contributed by atoms with Crippen LogP contribution >= 0.6 is 15.9 Å². The van der Waals surface area contributed by atoms with Crippen LogP contribution in [0.5, 0.6) is 0 Å². The first-order valence-corrected chi connectivity index (χ1v) is 11.2. The molecule has 1 aromatic heterocycles. The molecular formula is C23H22BrN3O5. The maximum Gasteiger partial charge on any atom is 0.290 e. The second kappa shape index (κ2) is 8.84. The number of rotatable bonds is 7. The minimum Gasteiger partial charge on any atom is -0.450 e. The first kappa shape index (κ1) is 22.2. The Kier molecular flexibility index (Phi) is 6.12. The molecule has 1 aliphatic heterocycles. The number of non-ortho nitro benzene ring substituents is 1. The van der Waals surface area contributed by atoms with Crippen LogP contribution in [0.2, 0.25) is 0 Å². The van der Waals surface area contributed by atoms with Crippen molar-refractivity contribution in [3.05, 3.63) is 84.2 Å². The van der Waals surface area contributed by atoms with Crippen molar-refractivity contribution in [2.45, 2.75) is 19.9 Å². The molecule has 3 aromatic rings. The van der Waals surface area contributed by atoms with Gasteiger partial charge in [-0.05, 0) is 49.0 Å². The van der Waals surface area contributed by atoms with E-state index in [2.05, 4.69) is 20.8 Å². The Morgan fingerprint density at radius 1 is 1.12 bits per heavy atom. The summed E-state index contributed by atoms with van der Waals surface area (Å²) in [4.78, 5) is 41.3. The number of halogens is 1. The van der Waals surface area contributed by atoms with Gasteiger partial charge in [0.1, 0.15) is 5.58 Å². The third kappa shape index (κ3) is 3.82. The van der Waals surface area contributed by atoms with E-state index in [-0.39, 0.29) is 28.3 Å². The average molecular weight is 500 g/mol. The molecule has 0 bridgehead atoms. The largest absolute Gasteiger partial charge is 0.450 e. The normalized spacial score (nSPS) is 15.6. The zero-order chi connectivity index (χ0) is 23.0. The van der Waals surface area contributed by atoms with Crippen molar-refractivity contribution in [3.63, 3.8) is 0 Å². The molecule has 8 nitrogen and oxygen atoms in total. The molecule has 2 aromatic carbocycles. The molecule has 1 aliphatic rings. The monoisotopic (exact) mass is 499 g/mol. The summed E-state index contributed by atoms with van der Waals surface area (Å²) in [6, 6.07) is 10.4. The Morgan fingerprint density at radius 3 is 2.44 bits per heavy atom. The standard InChI is InChI=1S/C23H22BrN3O5/c1-3-25(4-2)11-12-26-20(14-5-8-16(9-6-14)27(30)31)19-21(28)17-13-15(24)7-10-18(17)32-22(19)23(26)29/h5-10,13,20H,3-4,11-12H2,1-2H3. The molecule has 4 rings (SSSR count). The molecule has 0 fully saturated rings. The number of nitrogens with zero attached hydrogens (tertiary/aromatic N) is 3. The van der Waals surface area contributed by atoms with Crippen LogP contribution in [0.3, 0.4) is 0 Å². The van der Waals surface area contributed by atoms with Crippen LogP contribution in [0, 0.1) is 10.1 Å². The summed E-state index contributed by atoms with van der Waals surface area (Å²) >= 11 is 3.38. The zero-order valence-corrected chi connectivity index (χ0v) is 19.3. The van der Waals surface area contributed by atoms with E-state index < -0.39 is 11.0 Å². The summed E-state index contributed by atoms with van der Waals surface area (Å²) in [6.07, 6.45) is 0. The highest BCUT2D eigenvalue weighted by Crippen LogP contribution is 2.38. The van der Waals surface area contributed by atoms with Crippen molar-refractivity contribution >= 4 is 38.5 Å². The summed E-state index contributed by atoms with van der Waals surface area (Å²) in [6.45, 7) is 6.80. The van der Waals surface area contributed by atoms with E-state index in [1.165, 1.54) is 12.1 Å². The van der Waals surface area contributed by atoms with Crippen LogP contribution < -0.4 is 5.43 Å². The van der Waals surface area contributed by atoms with Crippen molar-refractivity contribution < 1.29 is 14.1 Å². The number of nitro groups is 1. The van der Waals surface area contributed by atoms with Gasteiger partial charge in [-0.25, -0.2) is 0 Å². The lowest BCUT2D eigenvalue weighted by molar-refractivity contribution is -0.384. The van der Waals surface area contributed by atoms with Gasteiger partial charge in [0.05, 0.1) is 21.9 Å². The molecule has 166 valence electrons. The SMILES string of the molecule is CCN(CC)CCN1C(=O)c2oc3ccc(Br)cc3c(=O)c2C1c1ccc([N+](=O)[O-])cc1. The van der Waals surface area contributed by atoms with Crippen LogP contribution in [-0.4, -0.2) is 46.8 Å². The van der Waals surface area contributed by atoms with Gasteiger partial charge in [-0.2, -0.15) is 0 Å². The first-order valence-electron chi connectivity index (χ1n) is 10.4. The van der Waals surface area contributed by atoms with E-state index in [1.807, 2.05) is 13.8 Å². The lowest BCUT2D eigenvalue weighted by Gasteiger charge is -2.28. The van der Waals surface area contributed by atoms with Gasteiger partial charge in [-0.3, -0.25) is 19.7 Å². The maximum atomic E-state index is 13.5. The van der Waals surface area contributed by atoms with E-state index in [0.717, 1.165) is 17.6 Å². The zero-order valence-electron chi connectivity index (χ0n) is 17.7. The van der Waals surface area contributed by atoms with Crippen molar-refractivity contribution in [2.75, 3.05) is 26.2 Å². The summed E-state index contributed by atoms with van der Waals surface area (Å²) in [5.41, 5.74) is 0.920. The molecule has 9 heteroatoms. The molecule has 0 radical (unpaired) electrons. The summed E-state index contributed by atoms with van der Waals surface area (Å²) in [5, 5.41) is 11.5. The predicted molar refractivity (Wildman–Crippen MR) is 124 cm³/mol. The van der Waals surface area contributed by atoms with Crippen molar-refractivity contribution in [3.8, 4) is 0 Å². The lowest BCUT2D eigenvalue weighted by atomic mass is 9.98. The van der Waals surface area contributed by atoms with Gasteiger partial charge < -0.3 is 14.2 Å². The number of benzene rings is 2. The number of amides is 1. The van der Waals surface area contributed by atoms with Gasteiger partial charge in [0, 0.05) is 29.7 Å². The second-order valence-corrected chi connectivity index (χ2v) is 8.51. The minimum atomic E-state index is -0.673. The number of hydrogen-bond donors (Lipinski definition) is 0. The number of likely N-dealkylation sites (N-methyl/N-ethyl adjacent to an activating group) is 1. The molecule has 0 saturated heterocycles. The molecule has 0 spiro atoms. The van der Waals surface area contributed by atoms with Gasteiger partial charge >= 0.3 is 0 Å². The van der Waals surface area contributed by atoms with Crippen molar-refractivity contribution in [2.24, 2.45) is 0 Å². The smallest absolute Gasteiger partial charge is 0.290 e. The molecule has 0 saturated carbocycles. The van der Waals surface area contributed by atoms with Crippen molar-refractivity contribution in [1.82, 2.24) is 9.80 Å². The fourth-order valence-electron chi connectivity index (χ4n) is 4.14. The number of carbonyl (C=O) groups excluding carboxylic acids is 1. The van der Waals surface area contributed by atoms with Crippen LogP contribution in [0.4, 0.5) is 5.69 Å². The number of carbonyl (C=O) groups is 1. The Bertz CT molecular complexity index is 1250. The molecule has 1 unspecified atom stereocenters. The maximum absolute atomic E-state index is 13.5. The van der Waals surface area contributed by atoms with Gasteiger partial charge in [-0.1, -0.05) is 29.8 Å². The minimum absolute atomic E-state index is 0.0349. The molecule has 0 N–H and O–H groups in total. The van der Waals surface area contributed by atoms with E-state index in [1.54, 1.807) is 35.2 Å². The molecule has 32 heavy (non-hydrogen) atoms. The molecule has 2 heterocycles. The Balaban J connectivity index is 1.87. The Morgan fingerprint density at radius 2 is 1.81 bits per heavy atom. The number of nitro benzene ring substituents is 1. The third-order valence-electron chi connectivity index (χ3n) is 5.90. The average Bonchev–Trinajstić information content (AvgIpc) is 3.07. The molecule has 1 atom stereocenters. The van der Waals surface area contributed by atoms with E-state index in [4.69, 9.17) is 4.42 Å². The molecular weight excluding hydrogens is 478 g/mol. The molecule has 1 amide bonds. The third-order valence-corrected chi connectivity index (χ3v) is 6.39. The fraction of sp³-hybridized carbons (Fsp3) is 0.304. The Hall–Kier alpha value is -3.04. The van der Waals surface area contributed by atoms with Crippen LogP contribution in [0.1, 0.15) is 41.6 Å². The van der Waals surface area contributed by atoms with Crippen LogP contribution in [-0.2, 0) is 0 Å². The highest BCUT2D eigenvalue weighted by Gasteiger charge is 2.42. The fourth-order valence-corrected chi connectivity index (χ4v) is 4.50. The number of hydrogen-bond acceptors (Lipinski definition) is 6. The first-order chi connectivity index (χ1) is 15.3. The summed E-state index contributed by atoms with van der Waals surface area (Å²) in [7, 11) is 0. The highest BCUT2D eigenvalue weighted by atomic mass is 79.9. The van der Waals surface area contributed by atoms with Gasteiger partial charge in [0.25, 0.3) is 11.6 Å². The highest BCUT2D eigenvalue weighted by molar-refractivity contribution is 9.10. The van der Waals surface area contributed by atoms with Gasteiger partial charge in [-0.15, -0.1) is 0 Å². The van der Waals surface area contributed by atoms with E-state index in [9.17, 15) is 19.7 Å². The second-order valence-electron chi connectivity index (χ2n) is 7.59.